The minimum absolute atomic E-state index is 0. The van der Waals surface area contributed by atoms with Crippen LogP contribution in [0.3, 0.4) is 0 Å². The molecule has 0 aromatic heterocycles. The number of nitrogens with two attached hydrogens (primary N) is 1. The summed E-state index contributed by atoms with van der Waals surface area (Å²) in [7, 11) is -3.33. The Labute approximate surface area is 150 Å². The maximum Gasteiger partial charge on any atom is 0.213 e. The average Bonchev–Trinajstić information content (AvgIpc) is 2.44. The molecule has 0 unspecified atom stereocenters. The molecular weight excluding hydrogens is 415 g/mol. The van der Waals surface area contributed by atoms with Gasteiger partial charge in [0.05, 0.1) is 5.75 Å². The molecule has 0 radical (unpaired) electrons. The van der Waals surface area contributed by atoms with Crippen LogP contribution in [0.15, 0.2) is 35.3 Å². The quantitative estimate of drug-likeness (QED) is 0.323. The Hall–Kier alpha value is -0.870. The molecule has 1 aromatic carbocycles. The number of halogens is 1. The summed E-state index contributed by atoms with van der Waals surface area (Å²) in [6.07, 6.45) is 0. The van der Waals surface area contributed by atoms with Gasteiger partial charge < -0.3 is 11.1 Å². The van der Waals surface area contributed by atoms with E-state index < -0.39 is 10.0 Å². The third kappa shape index (κ3) is 9.96. The number of benzene rings is 1. The molecule has 22 heavy (non-hydrogen) atoms. The summed E-state index contributed by atoms with van der Waals surface area (Å²) in [6, 6.07) is 9.38. The fourth-order valence-electron chi connectivity index (χ4n) is 1.51. The fraction of sp³-hybridized carbons (Fsp3) is 0.500. The minimum Gasteiger partial charge on any atom is -0.370 e. The summed E-state index contributed by atoms with van der Waals surface area (Å²) < 4.78 is 26.2. The molecule has 0 heterocycles. The van der Waals surface area contributed by atoms with Gasteiger partial charge in [-0.25, -0.2) is 13.1 Å². The van der Waals surface area contributed by atoms with Crippen LogP contribution in [0.25, 0.3) is 0 Å². The number of nitrogens with one attached hydrogen (secondary N) is 2. The number of aliphatic imine (C=N–C) groups is 1. The van der Waals surface area contributed by atoms with E-state index >= 15 is 0 Å². The first-order valence-electron chi connectivity index (χ1n) is 6.94. The Bertz CT molecular complexity index is 547. The first-order chi connectivity index (χ1) is 9.89. The predicted octanol–water partition coefficient (Wildman–Crippen LogP) is 1.28. The van der Waals surface area contributed by atoms with Crippen molar-refractivity contribution in [2.75, 3.05) is 18.8 Å². The van der Waals surface area contributed by atoms with E-state index in [0.717, 1.165) is 5.56 Å². The molecule has 6 nitrogen and oxygen atoms in total. The third-order valence-electron chi connectivity index (χ3n) is 2.64. The van der Waals surface area contributed by atoms with Crippen molar-refractivity contribution in [3.05, 3.63) is 35.9 Å². The van der Waals surface area contributed by atoms with Gasteiger partial charge in [0.1, 0.15) is 0 Å². The fourth-order valence-corrected chi connectivity index (χ4v) is 2.41. The standard InChI is InChI=1S/C14H24N4O2S.HI/c1-12(2)10-17-14(15)16-8-9-21(19,20)18-11-13-6-4-3-5-7-13;/h3-7,12,18H,8-11H2,1-2H3,(H3,15,16,17);1H. The van der Waals surface area contributed by atoms with E-state index in [4.69, 9.17) is 5.73 Å². The van der Waals surface area contributed by atoms with Crippen LogP contribution in [0.5, 0.6) is 0 Å². The van der Waals surface area contributed by atoms with Gasteiger partial charge in [-0.2, -0.15) is 0 Å². The minimum atomic E-state index is -3.33. The van der Waals surface area contributed by atoms with Gasteiger partial charge in [-0.3, -0.25) is 4.99 Å². The molecule has 0 bridgehead atoms. The van der Waals surface area contributed by atoms with E-state index in [0.29, 0.717) is 19.0 Å². The number of guanidine groups is 1. The molecule has 0 aliphatic rings. The average molecular weight is 440 g/mol. The van der Waals surface area contributed by atoms with Gasteiger partial charge in [-0.05, 0) is 11.5 Å². The molecule has 0 saturated heterocycles. The second-order valence-corrected chi connectivity index (χ2v) is 7.10. The van der Waals surface area contributed by atoms with Crippen LogP contribution in [0.4, 0.5) is 0 Å². The van der Waals surface area contributed by atoms with Crippen LogP contribution in [0, 0.1) is 5.92 Å². The molecule has 0 atom stereocenters. The Morgan fingerprint density at radius 1 is 1.27 bits per heavy atom. The Kier molecular flexibility index (Phi) is 10.4. The molecule has 1 rings (SSSR count). The highest BCUT2D eigenvalue weighted by atomic mass is 127. The molecule has 1 aromatic rings. The zero-order chi connectivity index (χ0) is 15.7. The van der Waals surface area contributed by atoms with Crippen molar-refractivity contribution >= 4 is 40.0 Å². The number of rotatable bonds is 8. The van der Waals surface area contributed by atoms with E-state index in [1.807, 2.05) is 44.2 Å². The largest absolute Gasteiger partial charge is 0.370 e. The zero-order valence-corrected chi connectivity index (χ0v) is 16.1. The summed E-state index contributed by atoms with van der Waals surface area (Å²) in [5.41, 5.74) is 6.56. The highest BCUT2D eigenvalue weighted by Crippen LogP contribution is 1.98. The highest BCUT2D eigenvalue weighted by Gasteiger charge is 2.09. The molecule has 0 aliphatic heterocycles. The molecule has 126 valence electrons. The molecule has 4 N–H and O–H groups in total. The summed E-state index contributed by atoms with van der Waals surface area (Å²) in [4.78, 5) is 4.10. The van der Waals surface area contributed by atoms with Crippen LogP contribution in [0.2, 0.25) is 0 Å². The van der Waals surface area contributed by atoms with Crippen molar-refractivity contribution in [2.45, 2.75) is 20.4 Å². The summed E-state index contributed by atoms with van der Waals surface area (Å²) in [5.74, 6) is 0.654. The van der Waals surface area contributed by atoms with E-state index in [1.165, 1.54) is 0 Å². The van der Waals surface area contributed by atoms with Crippen molar-refractivity contribution in [3.8, 4) is 0 Å². The number of hydrogen-bond donors (Lipinski definition) is 3. The van der Waals surface area contributed by atoms with E-state index in [1.54, 1.807) is 0 Å². The number of hydrogen-bond acceptors (Lipinski definition) is 3. The van der Waals surface area contributed by atoms with Crippen molar-refractivity contribution in [2.24, 2.45) is 16.6 Å². The molecule has 0 aliphatic carbocycles. The second-order valence-electron chi connectivity index (χ2n) is 5.17. The normalized spacial score (nSPS) is 12.0. The van der Waals surface area contributed by atoms with Gasteiger partial charge in [-0.1, -0.05) is 44.2 Å². The summed E-state index contributed by atoms with van der Waals surface area (Å²) >= 11 is 0. The molecule has 0 amide bonds. The maximum absolute atomic E-state index is 11.8. The molecule has 8 heteroatoms. The van der Waals surface area contributed by atoms with Crippen LogP contribution in [-0.4, -0.2) is 33.2 Å². The zero-order valence-electron chi connectivity index (χ0n) is 13.0. The lowest BCUT2D eigenvalue weighted by molar-refractivity contribution is 0.580. The van der Waals surface area contributed by atoms with Gasteiger partial charge in [0.25, 0.3) is 0 Å². The van der Waals surface area contributed by atoms with Crippen LogP contribution in [-0.2, 0) is 16.6 Å². The van der Waals surface area contributed by atoms with Gasteiger partial charge >= 0.3 is 0 Å². The third-order valence-corrected chi connectivity index (χ3v) is 3.97. The molecule has 0 spiro atoms. The Morgan fingerprint density at radius 2 is 1.91 bits per heavy atom. The van der Waals surface area contributed by atoms with Crippen LogP contribution in [0.1, 0.15) is 19.4 Å². The van der Waals surface area contributed by atoms with Crippen LogP contribution < -0.4 is 15.8 Å². The highest BCUT2D eigenvalue weighted by molar-refractivity contribution is 14.0. The Morgan fingerprint density at radius 3 is 2.50 bits per heavy atom. The Balaban J connectivity index is 0.00000441. The van der Waals surface area contributed by atoms with E-state index in [-0.39, 0.29) is 42.2 Å². The van der Waals surface area contributed by atoms with Gasteiger partial charge in [0, 0.05) is 19.6 Å². The number of sulfonamides is 1. The molecular formula is C14H25IN4O2S. The summed E-state index contributed by atoms with van der Waals surface area (Å²) in [6.45, 7) is 5.22. The van der Waals surface area contributed by atoms with E-state index in [9.17, 15) is 8.42 Å². The lowest BCUT2D eigenvalue weighted by Gasteiger charge is -2.09. The smallest absolute Gasteiger partial charge is 0.213 e. The molecule has 0 saturated carbocycles. The first kappa shape index (κ1) is 21.1. The molecule has 0 fully saturated rings. The maximum atomic E-state index is 11.8. The van der Waals surface area contributed by atoms with Crippen molar-refractivity contribution < 1.29 is 8.42 Å². The van der Waals surface area contributed by atoms with E-state index in [2.05, 4.69) is 15.0 Å². The summed E-state index contributed by atoms with van der Waals surface area (Å²) in [5, 5.41) is 2.80. The monoisotopic (exact) mass is 440 g/mol. The van der Waals surface area contributed by atoms with Crippen molar-refractivity contribution in [1.29, 1.82) is 0 Å². The SMILES string of the molecule is CC(C)CN=C(N)NCCS(=O)(=O)NCc1ccccc1.I. The number of nitrogens with zero attached hydrogens (tertiary/aromatic N) is 1. The van der Waals surface area contributed by atoms with Crippen molar-refractivity contribution in [1.82, 2.24) is 10.0 Å². The van der Waals surface area contributed by atoms with Crippen LogP contribution >= 0.6 is 24.0 Å². The van der Waals surface area contributed by atoms with Crippen molar-refractivity contribution in [3.63, 3.8) is 0 Å². The topological polar surface area (TPSA) is 96.6 Å². The lowest BCUT2D eigenvalue weighted by Crippen LogP contribution is -2.38. The van der Waals surface area contributed by atoms with Gasteiger partial charge in [0.2, 0.25) is 10.0 Å². The lowest BCUT2D eigenvalue weighted by atomic mass is 10.2. The van der Waals surface area contributed by atoms with Gasteiger partial charge in [-0.15, -0.1) is 24.0 Å². The predicted molar refractivity (Wildman–Crippen MR) is 102 cm³/mol. The first-order valence-corrected chi connectivity index (χ1v) is 8.59. The van der Waals surface area contributed by atoms with Gasteiger partial charge in [0.15, 0.2) is 5.96 Å². The second kappa shape index (κ2) is 10.8.